The first kappa shape index (κ1) is 21.8. The molecular weight excluding hydrogens is 358 g/mol. The van der Waals surface area contributed by atoms with Crippen LogP contribution in [-0.2, 0) is 16.1 Å². The van der Waals surface area contributed by atoms with Gasteiger partial charge in [0.2, 0.25) is 0 Å². The number of quaternary nitrogens is 1. The maximum atomic E-state index is 12.3. The quantitative estimate of drug-likeness (QED) is 0.617. The minimum absolute atomic E-state index is 0.0398. The first-order valence-corrected chi connectivity index (χ1v) is 9.86. The van der Waals surface area contributed by atoms with Gasteiger partial charge in [-0.2, -0.15) is 0 Å². The molecule has 1 aromatic carbocycles. The second kappa shape index (κ2) is 11.3. The Morgan fingerprint density at radius 1 is 1.29 bits per heavy atom. The summed E-state index contributed by atoms with van der Waals surface area (Å²) in [5, 5.41) is 3.09. The summed E-state index contributed by atoms with van der Waals surface area (Å²) in [5.74, 6) is 0.853. The summed E-state index contributed by atoms with van der Waals surface area (Å²) in [5.41, 5.74) is 1.15. The highest BCUT2D eigenvalue weighted by Crippen LogP contribution is 2.12. The molecular formula is C21H32N3O4+. The number of hydrogen-bond acceptors (Lipinski definition) is 4. The highest BCUT2D eigenvalue weighted by Gasteiger charge is 2.25. The second-order valence-corrected chi connectivity index (χ2v) is 7.08. The van der Waals surface area contributed by atoms with Gasteiger partial charge in [-0.25, -0.2) is 4.79 Å². The number of piperidine rings is 1. The molecule has 1 atom stereocenters. The normalized spacial score (nSPS) is 15.6. The molecule has 0 aromatic heterocycles. The topological polar surface area (TPSA) is 72.3 Å². The van der Waals surface area contributed by atoms with Gasteiger partial charge in [-0.15, -0.1) is 0 Å². The van der Waals surface area contributed by atoms with Gasteiger partial charge in [-0.1, -0.05) is 12.7 Å². The monoisotopic (exact) mass is 390 g/mol. The zero-order chi connectivity index (χ0) is 20.4. The van der Waals surface area contributed by atoms with Crippen molar-refractivity contribution in [3.8, 4) is 5.75 Å². The molecule has 1 saturated heterocycles. The Labute approximate surface area is 167 Å². The van der Waals surface area contributed by atoms with E-state index in [1.54, 1.807) is 17.9 Å². The number of benzene rings is 1. The van der Waals surface area contributed by atoms with Crippen LogP contribution in [0.15, 0.2) is 36.9 Å². The minimum atomic E-state index is -0.266. The van der Waals surface area contributed by atoms with E-state index in [-0.39, 0.29) is 18.0 Å². The van der Waals surface area contributed by atoms with Gasteiger partial charge in [0.05, 0.1) is 13.7 Å². The van der Waals surface area contributed by atoms with Crippen LogP contribution < -0.4 is 15.0 Å². The summed E-state index contributed by atoms with van der Waals surface area (Å²) >= 11 is 0. The average molecular weight is 391 g/mol. The van der Waals surface area contributed by atoms with Gasteiger partial charge >= 0.3 is 6.09 Å². The standard InChI is InChI=1S/C21H31N3O4/c1-4-14-28-19-8-6-17(7-9-19)15-23(3)16-20(25)22-18-10-12-24(13-11-18)21(26)27-5-2/h4,6-9,18H,1,5,10-16H2,2-3H3,(H,22,25)/p+1. The Bertz CT molecular complexity index is 640. The van der Waals surface area contributed by atoms with Crippen LogP contribution in [0, 0.1) is 0 Å². The number of likely N-dealkylation sites (tertiary alicyclic amines) is 1. The van der Waals surface area contributed by atoms with E-state index < -0.39 is 0 Å². The molecule has 154 valence electrons. The van der Waals surface area contributed by atoms with E-state index in [1.807, 2.05) is 31.3 Å². The lowest BCUT2D eigenvalue weighted by atomic mass is 10.1. The molecule has 1 heterocycles. The van der Waals surface area contributed by atoms with E-state index >= 15 is 0 Å². The summed E-state index contributed by atoms with van der Waals surface area (Å²) in [4.78, 5) is 26.9. The van der Waals surface area contributed by atoms with Crippen LogP contribution in [0.25, 0.3) is 0 Å². The average Bonchev–Trinajstić information content (AvgIpc) is 2.68. The molecule has 7 nitrogen and oxygen atoms in total. The Hall–Kier alpha value is -2.54. The third kappa shape index (κ3) is 7.23. The van der Waals surface area contributed by atoms with E-state index in [1.165, 1.54) is 0 Å². The first-order valence-electron chi connectivity index (χ1n) is 9.86. The van der Waals surface area contributed by atoms with Crippen LogP contribution in [0.4, 0.5) is 4.79 Å². The Balaban J connectivity index is 1.70. The molecule has 7 heteroatoms. The molecule has 1 unspecified atom stereocenters. The fraction of sp³-hybridized carbons (Fsp3) is 0.524. The molecule has 0 spiro atoms. The van der Waals surface area contributed by atoms with E-state index in [2.05, 4.69) is 11.9 Å². The van der Waals surface area contributed by atoms with E-state index in [0.29, 0.717) is 32.8 Å². The van der Waals surface area contributed by atoms with Crippen LogP contribution >= 0.6 is 0 Å². The van der Waals surface area contributed by atoms with Crippen LogP contribution in [0.3, 0.4) is 0 Å². The van der Waals surface area contributed by atoms with Crippen molar-refractivity contribution in [3.05, 3.63) is 42.5 Å². The number of ether oxygens (including phenoxy) is 2. The highest BCUT2D eigenvalue weighted by atomic mass is 16.6. The van der Waals surface area contributed by atoms with Crippen LogP contribution in [0.1, 0.15) is 25.3 Å². The second-order valence-electron chi connectivity index (χ2n) is 7.08. The van der Waals surface area contributed by atoms with Crippen LogP contribution in [-0.4, -0.2) is 62.8 Å². The molecule has 28 heavy (non-hydrogen) atoms. The van der Waals surface area contributed by atoms with Gasteiger partial charge in [-0.05, 0) is 44.0 Å². The van der Waals surface area contributed by atoms with Gasteiger partial charge in [-0.3, -0.25) is 4.79 Å². The maximum absolute atomic E-state index is 12.3. The first-order chi connectivity index (χ1) is 13.5. The zero-order valence-electron chi connectivity index (χ0n) is 16.9. The summed E-state index contributed by atoms with van der Waals surface area (Å²) in [6.45, 7) is 8.71. The number of nitrogens with one attached hydrogen (secondary N) is 2. The summed E-state index contributed by atoms with van der Waals surface area (Å²) in [7, 11) is 2.01. The van der Waals surface area contributed by atoms with E-state index in [9.17, 15) is 9.59 Å². The number of rotatable bonds is 9. The summed E-state index contributed by atoms with van der Waals surface area (Å²) in [6, 6.07) is 8.02. The van der Waals surface area contributed by atoms with Crippen molar-refractivity contribution in [1.82, 2.24) is 10.2 Å². The number of carbonyl (C=O) groups excluding carboxylic acids is 2. The molecule has 2 amide bonds. The Morgan fingerprint density at radius 3 is 2.57 bits per heavy atom. The molecule has 0 aliphatic carbocycles. The smallest absolute Gasteiger partial charge is 0.409 e. The number of amides is 2. The largest absolute Gasteiger partial charge is 0.490 e. The van der Waals surface area contributed by atoms with Crippen molar-refractivity contribution in [2.24, 2.45) is 0 Å². The molecule has 0 bridgehead atoms. The van der Waals surface area contributed by atoms with Crippen molar-refractivity contribution in [2.45, 2.75) is 32.4 Å². The van der Waals surface area contributed by atoms with Crippen molar-refractivity contribution in [1.29, 1.82) is 0 Å². The third-order valence-corrected chi connectivity index (χ3v) is 4.65. The highest BCUT2D eigenvalue weighted by molar-refractivity contribution is 5.77. The molecule has 0 radical (unpaired) electrons. The Kier molecular flexibility index (Phi) is 8.81. The summed E-state index contributed by atoms with van der Waals surface area (Å²) < 4.78 is 10.5. The third-order valence-electron chi connectivity index (χ3n) is 4.65. The molecule has 1 fully saturated rings. The lowest BCUT2D eigenvalue weighted by Gasteiger charge is -2.31. The lowest BCUT2D eigenvalue weighted by Crippen LogP contribution is -3.09. The van der Waals surface area contributed by atoms with Crippen LogP contribution in [0.5, 0.6) is 5.75 Å². The fourth-order valence-corrected chi connectivity index (χ4v) is 3.24. The number of carbonyl (C=O) groups is 2. The molecule has 1 aliphatic heterocycles. The molecule has 2 rings (SSSR count). The molecule has 2 N–H and O–H groups in total. The molecule has 1 aliphatic rings. The van der Waals surface area contributed by atoms with Crippen molar-refractivity contribution < 1.29 is 24.0 Å². The number of likely N-dealkylation sites (N-methyl/N-ethyl adjacent to an activating group) is 1. The minimum Gasteiger partial charge on any atom is -0.490 e. The fourth-order valence-electron chi connectivity index (χ4n) is 3.24. The van der Waals surface area contributed by atoms with E-state index in [0.717, 1.165) is 35.6 Å². The lowest BCUT2D eigenvalue weighted by molar-refractivity contribution is -0.885. The zero-order valence-corrected chi connectivity index (χ0v) is 16.9. The van der Waals surface area contributed by atoms with Gasteiger partial charge in [0.1, 0.15) is 18.9 Å². The Morgan fingerprint density at radius 2 is 1.96 bits per heavy atom. The van der Waals surface area contributed by atoms with Gasteiger partial charge < -0.3 is 24.6 Å². The predicted molar refractivity (Wildman–Crippen MR) is 107 cm³/mol. The van der Waals surface area contributed by atoms with Crippen molar-refractivity contribution >= 4 is 12.0 Å². The van der Waals surface area contributed by atoms with Crippen molar-refractivity contribution in [2.75, 3.05) is 39.9 Å². The molecule has 1 aromatic rings. The number of hydrogen-bond donors (Lipinski definition) is 2. The van der Waals surface area contributed by atoms with Crippen molar-refractivity contribution in [3.63, 3.8) is 0 Å². The van der Waals surface area contributed by atoms with Gasteiger partial charge in [0, 0.05) is 24.7 Å². The van der Waals surface area contributed by atoms with Crippen LogP contribution in [0.2, 0.25) is 0 Å². The SMILES string of the molecule is C=CCOc1ccc(C[NH+](C)CC(=O)NC2CCN(C(=O)OCC)CC2)cc1. The van der Waals surface area contributed by atoms with E-state index in [4.69, 9.17) is 9.47 Å². The maximum Gasteiger partial charge on any atom is 0.409 e. The van der Waals surface area contributed by atoms with Gasteiger partial charge in [0.15, 0.2) is 6.54 Å². The summed E-state index contributed by atoms with van der Waals surface area (Å²) in [6.07, 6.45) is 2.97. The molecule has 0 saturated carbocycles. The van der Waals surface area contributed by atoms with Gasteiger partial charge in [0.25, 0.3) is 5.91 Å². The predicted octanol–water partition coefficient (Wildman–Crippen LogP) is 1.00. The number of nitrogens with zero attached hydrogens (tertiary/aromatic N) is 1.